The van der Waals surface area contributed by atoms with Gasteiger partial charge in [0.2, 0.25) is 5.91 Å². The molecular formula is C14H20ClNO2. The molecule has 0 radical (unpaired) electrons. The smallest absolute Gasteiger partial charge is 0.220 e. The number of hydrogen-bond donors (Lipinski definition) is 2. The van der Waals surface area contributed by atoms with Crippen molar-refractivity contribution in [2.45, 2.75) is 38.6 Å². The fourth-order valence-corrected chi connectivity index (χ4v) is 1.81. The summed E-state index contributed by atoms with van der Waals surface area (Å²) < 4.78 is 0. The van der Waals surface area contributed by atoms with Gasteiger partial charge in [0.15, 0.2) is 0 Å². The molecule has 0 unspecified atom stereocenters. The number of amides is 1. The molecule has 0 saturated carbocycles. The van der Waals surface area contributed by atoms with E-state index in [0.717, 1.165) is 24.3 Å². The summed E-state index contributed by atoms with van der Waals surface area (Å²) in [6.07, 6.45) is 2.90. The summed E-state index contributed by atoms with van der Waals surface area (Å²) in [5, 5.41) is 12.5. The predicted octanol–water partition coefficient (Wildman–Crippen LogP) is 2.55. The maximum absolute atomic E-state index is 11.6. The zero-order valence-corrected chi connectivity index (χ0v) is 11.4. The van der Waals surface area contributed by atoms with Crippen LogP contribution in [-0.4, -0.2) is 23.7 Å². The first-order valence-electron chi connectivity index (χ1n) is 6.30. The molecule has 0 heterocycles. The van der Waals surface area contributed by atoms with E-state index in [1.807, 2.05) is 31.2 Å². The molecule has 0 aromatic heterocycles. The molecular weight excluding hydrogens is 250 g/mol. The van der Waals surface area contributed by atoms with Crippen LogP contribution in [0.2, 0.25) is 5.02 Å². The Hall–Kier alpha value is -1.06. The van der Waals surface area contributed by atoms with E-state index in [0.29, 0.717) is 6.42 Å². The molecule has 0 bridgehead atoms. The zero-order chi connectivity index (χ0) is 13.4. The zero-order valence-electron chi connectivity index (χ0n) is 10.7. The van der Waals surface area contributed by atoms with Crippen LogP contribution in [0.1, 0.15) is 31.7 Å². The third kappa shape index (κ3) is 5.52. The minimum absolute atomic E-state index is 0.000571. The summed E-state index contributed by atoms with van der Waals surface area (Å²) in [5.41, 5.74) is 1.18. The van der Waals surface area contributed by atoms with Gasteiger partial charge in [0.05, 0.1) is 12.6 Å². The molecule has 0 spiro atoms. The number of aryl methyl sites for hydroxylation is 1. The lowest BCUT2D eigenvalue weighted by molar-refractivity contribution is -0.122. The Bertz CT molecular complexity index is 361. The van der Waals surface area contributed by atoms with E-state index < -0.39 is 0 Å². The van der Waals surface area contributed by atoms with Crippen molar-refractivity contribution < 1.29 is 9.90 Å². The highest BCUT2D eigenvalue weighted by Crippen LogP contribution is 2.11. The van der Waals surface area contributed by atoms with Gasteiger partial charge in [0, 0.05) is 11.4 Å². The molecule has 3 nitrogen and oxygen atoms in total. The van der Waals surface area contributed by atoms with Crippen LogP contribution in [-0.2, 0) is 11.2 Å². The van der Waals surface area contributed by atoms with Crippen LogP contribution in [0.25, 0.3) is 0 Å². The molecule has 2 N–H and O–H groups in total. The molecule has 1 aromatic carbocycles. The lowest BCUT2D eigenvalue weighted by atomic mass is 10.1. The second-order valence-corrected chi connectivity index (χ2v) is 4.77. The number of aliphatic hydroxyl groups is 1. The van der Waals surface area contributed by atoms with E-state index >= 15 is 0 Å². The number of halogens is 1. The van der Waals surface area contributed by atoms with Crippen molar-refractivity contribution in [2.75, 3.05) is 6.61 Å². The molecule has 0 fully saturated rings. The largest absolute Gasteiger partial charge is 0.394 e. The first-order chi connectivity index (χ1) is 8.65. The number of carbonyl (C=O) groups is 1. The molecule has 0 aliphatic rings. The normalized spacial score (nSPS) is 12.2. The maximum atomic E-state index is 11.6. The van der Waals surface area contributed by atoms with Gasteiger partial charge in [-0.15, -0.1) is 0 Å². The lowest BCUT2D eigenvalue weighted by Gasteiger charge is -2.13. The quantitative estimate of drug-likeness (QED) is 0.799. The Morgan fingerprint density at radius 3 is 2.61 bits per heavy atom. The molecule has 0 aliphatic carbocycles. The number of nitrogens with one attached hydrogen (secondary N) is 1. The topological polar surface area (TPSA) is 49.3 Å². The second kappa shape index (κ2) is 8.11. The third-order valence-electron chi connectivity index (χ3n) is 2.86. The summed E-state index contributed by atoms with van der Waals surface area (Å²) in [7, 11) is 0. The third-order valence-corrected chi connectivity index (χ3v) is 3.11. The molecule has 0 aliphatic heterocycles. The van der Waals surface area contributed by atoms with Gasteiger partial charge in [0.1, 0.15) is 0 Å². The summed E-state index contributed by atoms with van der Waals surface area (Å²) in [5.74, 6) is 0.00450. The number of aliphatic hydroxyl groups excluding tert-OH is 1. The fraction of sp³-hybridized carbons (Fsp3) is 0.500. The van der Waals surface area contributed by atoms with Crippen LogP contribution in [0.3, 0.4) is 0 Å². The van der Waals surface area contributed by atoms with Crippen molar-refractivity contribution in [1.29, 1.82) is 0 Å². The number of hydrogen-bond acceptors (Lipinski definition) is 2. The van der Waals surface area contributed by atoms with E-state index in [2.05, 4.69) is 5.32 Å². The predicted molar refractivity (Wildman–Crippen MR) is 73.7 cm³/mol. The van der Waals surface area contributed by atoms with E-state index in [1.54, 1.807) is 0 Å². The Kier molecular flexibility index (Phi) is 6.76. The van der Waals surface area contributed by atoms with Gasteiger partial charge in [-0.2, -0.15) is 0 Å². The summed E-state index contributed by atoms with van der Waals surface area (Å²) in [6.45, 7) is 1.94. The summed E-state index contributed by atoms with van der Waals surface area (Å²) >= 11 is 5.80. The van der Waals surface area contributed by atoms with E-state index in [-0.39, 0.29) is 18.6 Å². The van der Waals surface area contributed by atoms with Crippen molar-refractivity contribution in [1.82, 2.24) is 5.32 Å². The van der Waals surface area contributed by atoms with Gasteiger partial charge < -0.3 is 10.4 Å². The summed E-state index contributed by atoms with van der Waals surface area (Å²) in [6, 6.07) is 7.55. The first kappa shape index (κ1) is 15.0. The average Bonchev–Trinajstić information content (AvgIpc) is 2.38. The monoisotopic (exact) mass is 269 g/mol. The van der Waals surface area contributed by atoms with Gasteiger partial charge in [0.25, 0.3) is 0 Å². The molecule has 100 valence electrons. The number of carbonyl (C=O) groups excluding carboxylic acids is 1. The minimum atomic E-state index is -0.118. The molecule has 1 atom stereocenters. The molecule has 1 aromatic rings. The highest BCUT2D eigenvalue weighted by atomic mass is 35.5. The highest BCUT2D eigenvalue weighted by Gasteiger charge is 2.08. The number of benzene rings is 1. The Morgan fingerprint density at radius 1 is 1.39 bits per heavy atom. The van der Waals surface area contributed by atoms with Crippen LogP contribution in [0.15, 0.2) is 24.3 Å². The van der Waals surface area contributed by atoms with Crippen LogP contribution in [0.5, 0.6) is 0 Å². The Balaban J connectivity index is 2.25. The molecule has 0 saturated heterocycles. The molecule has 18 heavy (non-hydrogen) atoms. The SMILES string of the molecule is CC[C@@H](CO)NC(=O)CCCc1ccc(Cl)cc1. The standard InChI is InChI=1S/C14H20ClNO2/c1-2-13(10-17)16-14(18)5-3-4-11-6-8-12(15)9-7-11/h6-9,13,17H,2-5,10H2,1H3,(H,16,18)/t13-/m0/s1. The van der Waals surface area contributed by atoms with Crippen molar-refractivity contribution in [3.8, 4) is 0 Å². The van der Waals surface area contributed by atoms with Crippen LogP contribution >= 0.6 is 11.6 Å². The van der Waals surface area contributed by atoms with Crippen molar-refractivity contribution >= 4 is 17.5 Å². The van der Waals surface area contributed by atoms with Crippen molar-refractivity contribution in [3.63, 3.8) is 0 Å². The van der Waals surface area contributed by atoms with Gasteiger partial charge >= 0.3 is 0 Å². The summed E-state index contributed by atoms with van der Waals surface area (Å²) in [4.78, 5) is 11.6. The Morgan fingerprint density at radius 2 is 2.06 bits per heavy atom. The van der Waals surface area contributed by atoms with Gasteiger partial charge in [-0.1, -0.05) is 30.7 Å². The molecule has 1 rings (SSSR count). The fourth-order valence-electron chi connectivity index (χ4n) is 1.68. The van der Waals surface area contributed by atoms with Crippen LogP contribution in [0, 0.1) is 0 Å². The van der Waals surface area contributed by atoms with E-state index in [9.17, 15) is 4.79 Å². The lowest BCUT2D eigenvalue weighted by Crippen LogP contribution is -2.36. The second-order valence-electron chi connectivity index (χ2n) is 4.34. The van der Waals surface area contributed by atoms with Gasteiger partial charge in [-0.3, -0.25) is 4.79 Å². The van der Waals surface area contributed by atoms with Crippen LogP contribution in [0.4, 0.5) is 0 Å². The van der Waals surface area contributed by atoms with E-state index in [1.165, 1.54) is 5.56 Å². The van der Waals surface area contributed by atoms with Gasteiger partial charge in [-0.25, -0.2) is 0 Å². The molecule has 4 heteroatoms. The molecule has 1 amide bonds. The van der Waals surface area contributed by atoms with E-state index in [4.69, 9.17) is 16.7 Å². The first-order valence-corrected chi connectivity index (χ1v) is 6.68. The Labute approximate surface area is 113 Å². The highest BCUT2D eigenvalue weighted by molar-refractivity contribution is 6.30. The van der Waals surface area contributed by atoms with Crippen molar-refractivity contribution in [2.24, 2.45) is 0 Å². The maximum Gasteiger partial charge on any atom is 0.220 e. The average molecular weight is 270 g/mol. The minimum Gasteiger partial charge on any atom is -0.394 e. The number of rotatable bonds is 7. The van der Waals surface area contributed by atoms with Gasteiger partial charge in [-0.05, 0) is 37.0 Å². The van der Waals surface area contributed by atoms with Crippen LogP contribution < -0.4 is 5.32 Å². The van der Waals surface area contributed by atoms with Crippen molar-refractivity contribution in [3.05, 3.63) is 34.9 Å².